The first-order valence-corrected chi connectivity index (χ1v) is 9.26. The SMILES string of the molecule is CCC(C)c1cnc(N2CCN(CCCOCCNC)CC2)nc1. The largest absolute Gasteiger partial charge is 0.380 e. The molecule has 1 fully saturated rings. The summed E-state index contributed by atoms with van der Waals surface area (Å²) in [6, 6.07) is 0. The molecule has 0 spiro atoms. The topological polar surface area (TPSA) is 53.5 Å². The highest BCUT2D eigenvalue weighted by Gasteiger charge is 2.18. The van der Waals surface area contributed by atoms with Crippen LogP contribution in [0.3, 0.4) is 0 Å². The van der Waals surface area contributed by atoms with Gasteiger partial charge in [-0.3, -0.25) is 4.90 Å². The molecule has 136 valence electrons. The van der Waals surface area contributed by atoms with Gasteiger partial charge in [-0.25, -0.2) is 9.97 Å². The van der Waals surface area contributed by atoms with E-state index in [0.29, 0.717) is 5.92 Å². The third kappa shape index (κ3) is 6.00. The Hall–Kier alpha value is -1.24. The molecule has 0 aromatic carbocycles. The molecular weight excluding hydrogens is 302 g/mol. The van der Waals surface area contributed by atoms with E-state index in [2.05, 4.69) is 38.9 Å². The molecular formula is C18H33N5O. The van der Waals surface area contributed by atoms with Crippen molar-refractivity contribution >= 4 is 5.95 Å². The second kappa shape index (κ2) is 10.6. The minimum absolute atomic E-state index is 0.534. The van der Waals surface area contributed by atoms with Crippen molar-refractivity contribution in [2.45, 2.75) is 32.6 Å². The molecule has 0 saturated carbocycles. The quantitative estimate of drug-likeness (QED) is 0.657. The van der Waals surface area contributed by atoms with E-state index < -0.39 is 0 Å². The zero-order valence-corrected chi connectivity index (χ0v) is 15.5. The Morgan fingerprint density at radius 3 is 2.50 bits per heavy atom. The van der Waals surface area contributed by atoms with Gasteiger partial charge in [0.2, 0.25) is 5.95 Å². The zero-order valence-electron chi connectivity index (χ0n) is 15.5. The van der Waals surface area contributed by atoms with E-state index in [1.54, 1.807) is 0 Å². The van der Waals surface area contributed by atoms with Gasteiger partial charge < -0.3 is 15.0 Å². The summed E-state index contributed by atoms with van der Waals surface area (Å²) in [6.45, 7) is 12.3. The van der Waals surface area contributed by atoms with Gasteiger partial charge in [0, 0.05) is 58.3 Å². The predicted molar refractivity (Wildman–Crippen MR) is 98.8 cm³/mol. The molecule has 1 unspecified atom stereocenters. The van der Waals surface area contributed by atoms with Gasteiger partial charge in [-0.1, -0.05) is 13.8 Å². The van der Waals surface area contributed by atoms with Crippen molar-refractivity contribution in [3.8, 4) is 0 Å². The first kappa shape index (κ1) is 19.1. The number of ether oxygens (including phenoxy) is 1. The molecule has 6 heteroatoms. The highest BCUT2D eigenvalue weighted by molar-refractivity contribution is 5.31. The summed E-state index contributed by atoms with van der Waals surface area (Å²) in [4.78, 5) is 13.9. The summed E-state index contributed by atoms with van der Waals surface area (Å²) >= 11 is 0. The van der Waals surface area contributed by atoms with Crippen molar-refractivity contribution in [2.24, 2.45) is 0 Å². The monoisotopic (exact) mass is 335 g/mol. The van der Waals surface area contributed by atoms with Gasteiger partial charge >= 0.3 is 0 Å². The first-order chi connectivity index (χ1) is 11.7. The maximum Gasteiger partial charge on any atom is 0.225 e. The number of nitrogens with zero attached hydrogens (tertiary/aromatic N) is 4. The fraction of sp³-hybridized carbons (Fsp3) is 0.778. The van der Waals surface area contributed by atoms with Crippen molar-refractivity contribution in [3.63, 3.8) is 0 Å². The van der Waals surface area contributed by atoms with E-state index >= 15 is 0 Å². The number of likely N-dealkylation sites (N-methyl/N-ethyl adjacent to an activating group) is 1. The number of aromatic nitrogens is 2. The molecule has 0 radical (unpaired) electrons. The standard InChI is InChI=1S/C18H33N5O/c1-4-16(2)17-14-20-18(21-15-17)23-10-8-22(9-11-23)7-5-12-24-13-6-19-3/h14-16,19H,4-13H2,1-3H3. The number of anilines is 1. The van der Waals surface area contributed by atoms with Crippen LogP contribution in [-0.4, -0.2) is 74.4 Å². The van der Waals surface area contributed by atoms with Crippen molar-refractivity contribution in [3.05, 3.63) is 18.0 Å². The summed E-state index contributed by atoms with van der Waals surface area (Å²) in [6.07, 6.45) is 6.21. The van der Waals surface area contributed by atoms with Crippen LogP contribution < -0.4 is 10.2 Å². The van der Waals surface area contributed by atoms with Crippen LogP contribution in [-0.2, 0) is 4.74 Å². The maximum absolute atomic E-state index is 5.58. The lowest BCUT2D eigenvalue weighted by molar-refractivity contribution is 0.122. The van der Waals surface area contributed by atoms with Gasteiger partial charge in [-0.2, -0.15) is 0 Å². The molecule has 0 amide bonds. The van der Waals surface area contributed by atoms with Crippen LogP contribution in [0.5, 0.6) is 0 Å². The summed E-state index contributed by atoms with van der Waals surface area (Å²) in [5, 5.41) is 3.09. The lowest BCUT2D eigenvalue weighted by atomic mass is 10.0. The Labute approximate surface area is 146 Å². The highest BCUT2D eigenvalue weighted by Crippen LogP contribution is 2.18. The molecule has 0 aliphatic carbocycles. The minimum Gasteiger partial charge on any atom is -0.380 e. The molecule has 2 heterocycles. The van der Waals surface area contributed by atoms with Crippen molar-refractivity contribution in [2.75, 3.05) is 64.4 Å². The molecule has 1 atom stereocenters. The summed E-state index contributed by atoms with van der Waals surface area (Å²) in [5.74, 6) is 1.41. The predicted octanol–water partition coefficient (Wildman–Crippen LogP) is 1.74. The maximum atomic E-state index is 5.58. The molecule has 1 N–H and O–H groups in total. The van der Waals surface area contributed by atoms with Gasteiger partial charge in [0.25, 0.3) is 0 Å². The van der Waals surface area contributed by atoms with E-state index in [1.807, 2.05) is 19.4 Å². The molecule has 1 aliphatic heterocycles. The third-order valence-electron chi connectivity index (χ3n) is 4.75. The second-order valence-electron chi connectivity index (χ2n) is 6.52. The van der Waals surface area contributed by atoms with Crippen LogP contribution in [0.1, 0.15) is 38.2 Å². The summed E-state index contributed by atoms with van der Waals surface area (Å²) in [5.41, 5.74) is 1.23. The lowest BCUT2D eigenvalue weighted by Crippen LogP contribution is -2.47. The Balaban J connectivity index is 1.67. The first-order valence-electron chi connectivity index (χ1n) is 9.26. The van der Waals surface area contributed by atoms with E-state index in [9.17, 15) is 0 Å². The molecule has 24 heavy (non-hydrogen) atoms. The number of nitrogens with one attached hydrogen (secondary N) is 1. The van der Waals surface area contributed by atoms with Crippen LogP contribution in [0.4, 0.5) is 5.95 Å². The Morgan fingerprint density at radius 2 is 1.88 bits per heavy atom. The number of rotatable bonds is 10. The summed E-state index contributed by atoms with van der Waals surface area (Å²) < 4.78 is 5.58. The zero-order chi connectivity index (χ0) is 17.2. The van der Waals surface area contributed by atoms with Crippen molar-refractivity contribution in [1.29, 1.82) is 0 Å². The van der Waals surface area contributed by atoms with Crippen LogP contribution in [0, 0.1) is 0 Å². The average Bonchev–Trinajstić information content (AvgIpc) is 2.64. The normalized spacial score (nSPS) is 17.2. The second-order valence-corrected chi connectivity index (χ2v) is 6.52. The van der Waals surface area contributed by atoms with Crippen molar-refractivity contribution < 1.29 is 4.74 Å². The smallest absolute Gasteiger partial charge is 0.225 e. The number of hydrogen-bond donors (Lipinski definition) is 1. The molecule has 2 rings (SSSR count). The molecule has 0 bridgehead atoms. The van der Waals surface area contributed by atoms with E-state index in [4.69, 9.17) is 4.74 Å². The molecule has 6 nitrogen and oxygen atoms in total. The van der Waals surface area contributed by atoms with Crippen LogP contribution >= 0.6 is 0 Å². The van der Waals surface area contributed by atoms with Crippen LogP contribution in [0.2, 0.25) is 0 Å². The molecule has 1 aliphatic rings. The average molecular weight is 335 g/mol. The number of hydrogen-bond acceptors (Lipinski definition) is 6. The third-order valence-corrected chi connectivity index (χ3v) is 4.75. The van der Waals surface area contributed by atoms with E-state index in [0.717, 1.165) is 71.3 Å². The van der Waals surface area contributed by atoms with E-state index in [-0.39, 0.29) is 0 Å². The fourth-order valence-electron chi connectivity index (χ4n) is 2.82. The fourth-order valence-corrected chi connectivity index (χ4v) is 2.82. The minimum atomic E-state index is 0.534. The van der Waals surface area contributed by atoms with Crippen molar-refractivity contribution in [1.82, 2.24) is 20.2 Å². The van der Waals surface area contributed by atoms with Crippen LogP contribution in [0.15, 0.2) is 12.4 Å². The Kier molecular flexibility index (Phi) is 8.42. The highest BCUT2D eigenvalue weighted by atomic mass is 16.5. The lowest BCUT2D eigenvalue weighted by Gasteiger charge is -2.34. The van der Waals surface area contributed by atoms with Gasteiger partial charge in [-0.05, 0) is 31.4 Å². The molecule has 1 saturated heterocycles. The van der Waals surface area contributed by atoms with Gasteiger partial charge in [0.1, 0.15) is 0 Å². The van der Waals surface area contributed by atoms with E-state index in [1.165, 1.54) is 5.56 Å². The van der Waals surface area contributed by atoms with Crippen LogP contribution in [0.25, 0.3) is 0 Å². The van der Waals surface area contributed by atoms with Gasteiger partial charge in [0.05, 0.1) is 6.61 Å². The Morgan fingerprint density at radius 1 is 1.17 bits per heavy atom. The Bertz CT molecular complexity index is 445. The molecule has 1 aromatic rings. The molecule has 1 aromatic heterocycles. The number of piperazine rings is 1. The van der Waals surface area contributed by atoms with Gasteiger partial charge in [-0.15, -0.1) is 0 Å². The van der Waals surface area contributed by atoms with Gasteiger partial charge in [0.15, 0.2) is 0 Å². The summed E-state index contributed by atoms with van der Waals surface area (Å²) in [7, 11) is 1.95.